The summed E-state index contributed by atoms with van der Waals surface area (Å²) < 4.78 is 0.847. The first-order valence-electron chi connectivity index (χ1n) is 5.74. The van der Waals surface area contributed by atoms with Crippen LogP contribution in [-0.4, -0.2) is 11.7 Å². The van der Waals surface area contributed by atoms with Crippen molar-refractivity contribution in [2.75, 3.05) is 0 Å². The largest absolute Gasteiger partial charge is 0.281 e. The van der Waals surface area contributed by atoms with Crippen molar-refractivity contribution < 1.29 is 4.79 Å². The molecule has 1 aliphatic rings. The van der Waals surface area contributed by atoms with Gasteiger partial charge in [-0.3, -0.25) is 15.6 Å². The molecule has 0 aliphatic carbocycles. The van der Waals surface area contributed by atoms with Crippen LogP contribution in [0.3, 0.4) is 0 Å². The van der Waals surface area contributed by atoms with E-state index in [2.05, 4.69) is 31.8 Å². The van der Waals surface area contributed by atoms with Gasteiger partial charge in [0.05, 0.1) is 11.3 Å². The number of hydrogen-bond donors (Lipinski definition) is 2. The van der Waals surface area contributed by atoms with Gasteiger partial charge in [0.15, 0.2) is 5.84 Å². The lowest BCUT2D eigenvalue weighted by molar-refractivity contribution is 0.0946. The monoisotopic (exact) mass is 315 g/mol. The number of fused-ring (bicyclic) bond motifs is 1. The number of hydrazine groups is 1. The van der Waals surface area contributed by atoms with Gasteiger partial charge in [-0.2, -0.15) is 0 Å². The summed E-state index contributed by atoms with van der Waals surface area (Å²) in [5, 5.41) is 0. The third kappa shape index (κ3) is 2.37. The van der Waals surface area contributed by atoms with E-state index < -0.39 is 0 Å². The molecule has 0 saturated heterocycles. The fourth-order valence-corrected chi connectivity index (χ4v) is 2.21. The highest BCUT2D eigenvalue weighted by Gasteiger charge is 2.17. The maximum Gasteiger partial charge on any atom is 0.271 e. The van der Waals surface area contributed by atoms with Gasteiger partial charge in [-0.15, -0.1) is 0 Å². The van der Waals surface area contributed by atoms with E-state index in [-0.39, 0.29) is 5.91 Å². The van der Waals surface area contributed by atoms with Crippen LogP contribution >= 0.6 is 15.9 Å². The van der Waals surface area contributed by atoms with Crippen molar-refractivity contribution in [2.24, 2.45) is 4.99 Å². The molecular weight excluding hydrogens is 306 g/mol. The summed E-state index contributed by atoms with van der Waals surface area (Å²) in [6, 6.07) is 15.1. The summed E-state index contributed by atoms with van der Waals surface area (Å²) in [6.45, 7) is 0. The third-order valence-corrected chi connectivity index (χ3v) is 3.27. The lowest BCUT2D eigenvalue weighted by atomic mass is 10.1. The minimum atomic E-state index is -0.203. The Kier molecular flexibility index (Phi) is 3.05. The molecule has 1 heterocycles. The van der Waals surface area contributed by atoms with E-state index >= 15 is 0 Å². The van der Waals surface area contributed by atoms with Gasteiger partial charge in [-0.1, -0.05) is 46.3 Å². The first-order valence-corrected chi connectivity index (χ1v) is 6.53. The predicted molar refractivity (Wildman–Crippen MR) is 77.4 cm³/mol. The van der Waals surface area contributed by atoms with Gasteiger partial charge in [0.25, 0.3) is 5.91 Å². The average Bonchev–Trinajstić information content (AvgIpc) is 2.60. The Hall–Kier alpha value is -2.14. The molecule has 0 bridgehead atoms. The molecular formula is C14H10BrN3O. The van der Waals surface area contributed by atoms with Crippen LogP contribution in [0.4, 0.5) is 5.69 Å². The Bertz CT molecular complexity index is 668. The van der Waals surface area contributed by atoms with Crippen LogP contribution < -0.4 is 10.9 Å². The van der Waals surface area contributed by atoms with Gasteiger partial charge in [0, 0.05) is 10.0 Å². The van der Waals surface area contributed by atoms with Gasteiger partial charge < -0.3 is 0 Å². The molecule has 0 saturated carbocycles. The Morgan fingerprint density at radius 1 is 1.00 bits per heavy atom. The Morgan fingerprint density at radius 2 is 1.79 bits per heavy atom. The quantitative estimate of drug-likeness (QED) is 0.850. The lowest BCUT2D eigenvalue weighted by Gasteiger charge is -2.07. The number of hydrogen-bond acceptors (Lipinski definition) is 3. The molecule has 0 aromatic heterocycles. The summed E-state index contributed by atoms with van der Waals surface area (Å²) in [7, 11) is 0. The number of nitrogens with one attached hydrogen (secondary N) is 2. The second kappa shape index (κ2) is 4.85. The van der Waals surface area contributed by atoms with Crippen molar-refractivity contribution in [2.45, 2.75) is 0 Å². The van der Waals surface area contributed by atoms with E-state index in [1.54, 1.807) is 6.07 Å². The van der Waals surface area contributed by atoms with Gasteiger partial charge in [-0.05, 0) is 18.2 Å². The fraction of sp³-hybridized carbons (Fsp3) is 0. The van der Waals surface area contributed by atoms with Crippen molar-refractivity contribution in [3.8, 4) is 0 Å². The molecule has 0 fully saturated rings. The Morgan fingerprint density at radius 3 is 2.58 bits per heavy atom. The molecule has 0 radical (unpaired) electrons. The van der Waals surface area contributed by atoms with Gasteiger partial charge >= 0.3 is 0 Å². The molecule has 0 spiro atoms. The molecule has 2 N–H and O–H groups in total. The van der Waals surface area contributed by atoms with Crippen LogP contribution in [0.15, 0.2) is 58.0 Å². The summed E-state index contributed by atoms with van der Waals surface area (Å²) in [4.78, 5) is 16.5. The SMILES string of the molecule is O=C1NNC(c2ccccc2)=Nc2ccc(Br)cc21. The van der Waals surface area contributed by atoms with E-state index in [0.29, 0.717) is 17.1 Å². The van der Waals surface area contributed by atoms with Crippen LogP contribution in [-0.2, 0) is 0 Å². The topological polar surface area (TPSA) is 53.5 Å². The van der Waals surface area contributed by atoms with E-state index in [4.69, 9.17) is 0 Å². The number of carbonyl (C=O) groups is 1. The molecule has 4 nitrogen and oxygen atoms in total. The zero-order valence-electron chi connectivity index (χ0n) is 9.85. The zero-order chi connectivity index (χ0) is 13.2. The first kappa shape index (κ1) is 11.9. The van der Waals surface area contributed by atoms with Crippen molar-refractivity contribution in [3.63, 3.8) is 0 Å². The van der Waals surface area contributed by atoms with Crippen molar-refractivity contribution in [1.82, 2.24) is 10.9 Å². The first-order chi connectivity index (χ1) is 9.24. The second-order valence-corrected chi connectivity index (χ2v) is 4.98. The molecule has 5 heteroatoms. The standard InChI is InChI=1S/C14H10BrN3O/c15-10-6-7-12-11(8-10)14(19)18-17-13(16-12)9-4-2-1-3-5-9/h1-8H,(H,16,17)(H,18,19). The molecule has 0 unspecified atom stereocenters. The van der Waals surface area contributed by atoms with Crippen LogP contribution in [0, 0.1) is 0 Å². The molecule has 3 rings (SSSR count). The summed E-state index contributed by atoms with van der Waals surface area (Å²) >= 11 is 3.35. The fourth-order valence-electron chi connectivity index (χ4n) is 1.85. The molecule has 19 heavy (non-hydrogen) atoms. The number of benzene rings is 2. The molecule has 0 atom stereocenters. The van der Waals surface area contributed by atoms with Crippen molar-refractivity contribution >= 4 is 33.4 Å². The maximum atomic E-state index is 12.0. The molecule has 1 amide bonds. The summed E-state index contributed by atoms with van der Waals surface area (Å²) in [5.74, 6) is 0.418. The minimum Gasteiger partial charge on any atom is -0.281 e. The summed E-state index contributed by atoms with van der Waals surface area (Å²) in [5.41, 5.74) is 7.58. The lowest BCUT2D eigenvalue weighted by Crippen LogP contribution is -2.40. The van der Waals surface area contributed by atoms with E-state index in [9.17, 15) is 4.79 Å². The Balaban J connectivity index is 2.11. The third-order valence-electron chi connectivity index (χ3n) is 2.78. The number of amidine groups is 1. The van der Waals surface area contributed by atoms with Crippen molar-refractivity contribution in [1.29, 1.82) is 0 Å². The highest BCUT2D eigenvalue weighted by Crippen LogP contribution is 2.25. The molecule has 2 aromatic rings. The van der Waals surface area contributed by atoms with Crippen LogP contribution in [0.1, 0.15) is 15.9 Å². The van der Waals surface area contributed by atoms with Crippen molar-refractivity contribution in [3.05, 3.63) is 64.1 Å². The smallest absolute Gasteiger partial charge is 0.271 e. The number of rotatable bonds is 1. The number of halogens is 1. The number of nitrogens with zero attached hydrogens (tertiary/aromatic N) is 1. The zero-order valence-corrected chi connectivity index (χ0v) is 11.4. The maximum absolute atomic E-state index is 12.0. The minimum absolute atomic E-state index is 0.203. The molecule has 94 valence electrons. The number of aliphatic imine (C=N–C) groups is 1. The number of amides is 1. The second-order valence-electron chi connectivity index (χ2n) is 4.07. The normalized spacial score (nSPS) is 13.7. The Labute approximate surface area is 118 Å². The average molecular weight is 316 g/mol. The summed E-state index contributed by atoms with van der Waals surface area (Å²) in [6.07, 6.45) is 0. The van der Waals surface area contributed by atoms with Crippen LogP contribution in [0.25, 0.3) is 0 Å². The number of carbonyl (C=O) groups excluding carboxylic acids is 1. The van der Waals surface area contributed by atoms with Gasteiger partial charge in [0.2, 0.25) is 0 Å². The highest BCUT2D eigenvalue weighted by molar-refractivity contribution is 9.10. The van der Waals surface area contributed by atoms with Gasteiger partial charge in [0.1, 0.15) is 0 Å². The van der Waals surface area contributed by atoms with E-state index in [0.717, 1.165) is 10.0 Å². The van der Waals surface area contributed by atoms with Crippen LogP contribution in [0.2, 0.25) is 0 Å². The highest BCUT2D eigenvalue weighted by atomic mass is 79.9. The van der Waals surface area contributed by atoms with E-state index in [1.165, 1.54) is 0 Å². The van der Waals surface area contributed by atoms with Gasteiger partial charge in [-0.25, -0.2) is 4.99 Å². The van der Waals surface area contributed by atoms with Crippen LogP contribution in [0.5, 0.6) is 0 Å². The van der Waals surface area contributed by atoms with E-state index in [1.807, 2.05) is 42.5 Å². The molecule has 2 aromatic carbocycles. The molecule has 1 aliphatic heterocycles. The predicted octanol–water partition coefficient (Wildman–Crippen LogP) is 2.78.